The van der Waals surface area contributed by atoms with Gasteiger partial charge in [0.1, 0.15) is 23.7 Å². The minimum atomic E-state index is -0.706. The highest BCUT2D eigenvalue weighted by Gasteiger charge is 2.35. The zero-order valence-electron chi connectivity index (χ0n) is 16.8. The molecule has 0 saturated carbocycles. The standard InChI is InChI=1S/C24H15ClFIN2O3S/c25-17-6-2-1-5-15(17)13-32-21-10-9-14(12-19(21)27)11-16-22(30)28-24(33)29(23(16)31)20-8-4-3-7-18(20)26/h1-12H,13H2,(H,28,30,33)/b16-11+. The highest BCUT2D eigenvalue weighted by molar-refractivity contribution is 14.1. The van der Waals surface area contributed by atoms with E-state index in [4.69, 9.17) is 28.6 Å². The van der Waals surface area contributed by atoms with Crippen LogP contribution in [0, 0.1) is 9.39 Å². The van der Waals surface area contributed by atoms with Crippen molar-refractivity contribution in [3.63, 3.8) is 0 Å². The first kappa shape index (κ1) is 23.3. The van der Waals surface area contributed by atoms with E-state index in [1.54, 1.807) is 30.3 Å². The number of benzene rings is 3. The van der Waals surface area contributed by atoms with Crippen LogP contribution in [-0.2, 0) is 16.2 Å². The minimum Gasteiger partial charge on any atom is -0.488 e. The Labute approximate surface area is 213 Å². The first-order chi connectivity index (χ1) is 15.8. The van der Waals surface area contributed by atoms with Gasteiger partial charge in [-0.2, -0.15) is 0 Å². The second-order valence-electron chi connectivity index (χ2n) is 6.98. The summed E-state index contributed by atoms with van der Waals surface area (Å²) in [6.07, 6.45) is 1.44. The number of nitrogens with one attached hydrogen (secondary N) is 1. The van der Waals surface area contributed by atoms with E-state index in [-0.39, 0.29) is 16.4 Å². The summed E-state index contributed by atoms with van der Waals surface area (Å²) >= 11 is 13.4. The summed E-state index contributed by atoms with van der Waals surface area (Å²) < 4.78 is 20.9. The summed E-state index contributed by atoms with van der Waals surface area (Å²) in [5.74, 6) is -1.35. The van der Waals surface area contributed by atoms with Gasteiger partial charge in [0, 0.05) is 10.6 Å². The van der Waals surface area contributed by atoms with E-state index >= 15 is 0 Å². The molecule has 0 aromatic heterocycles. The van der Waals surface area contributed by atoms with Crippen LogP contribution in [0.5, 0.6) is 5.75 Å². The Hall–Kier alpha value is -2.82. The number of rotatable bonds is 5. The molecule has 1 fully saturated rings. The van der Waals surface area contributed by atoms with Crippen molar-refractivity contribution in [3.05, 3.63) is 97.8 Å². The second-order valence-corrected chi connectivity index (χ2v) is 8.94. The second kappa shape index (κ2) is 9.98. The molecule has 1 heterocycles. The third-order valence-corrected chi connectivity index (χ3v) is 6.30. The van der Waals surface area contributed by atoms with Crippen molar-refractivity contribution < 1.29 is 18.7 Å². The van der Waals surface area contributed by atoms with Crippen molar-refractivity contribution in [1.29, 1.82) is 0 Å². The average molecular weight is 593 g/mol. The lowest BCUT2D eigenvalue weighted by atomic mass is 10.1. The lowest BCUT2D eigenvalue weighted by molar-refractivity contribution is -0.122. The third-order valence-electron chi connectivity index (χ3n) is 4.80. The van der Waals surface area contributed by atoms with Gasteiger partial charge < -0.3 is 4.74 Å². The maximum atomic E-state index is 14.3. The van der Waals surface area contributed by atoms with Gasteiger partial charge in [-0.3, -0.25) is 14.9 Å². The molecule has 0 bridgehead atoms. The van der Waals surface area contributed by atoms with Gasteiger partial charge in [0.2, 0.25) is 0 Å². The Morgan fingerprint density at radius 1 is 1.09 bits per heavy atom. The lowest BCUT2D eigenvalue weighted by Gasteiger charge is -2.29. The zero-order valence-corrected chi connectivity index (χ0v) is 20.6. The number of carbonyl (C=O) groups excluding carboxylic acids is 2. The molecule has 0 radical (unpaired) electrons. The number of ether oxygens (including phenoxy) is 1. The van der Waals surface area contributed by atoms with Crippen LogP contribution in [0.15, 0.2) is 72.3 Å². The molecule has 3 aromatic rings. The Bertz CT molecular complexity index is 1310. The lowest BCUT2D eigenvalue weighted by Crippen LogP contribution is -2.54. The SMILES string of the molecule is O=C1NC(=S)N(c2ccccc2F)C(=O)/C1=C/c1ccc(OCc2ccccc2Cl)c(I)c1. The molecule has 0 aliphatic carbocycles. The maximum absolute atomic E-state index is 14.3. The zero-order chi connectivity index (χ0) is 23.5. The van der Waals surface area contributed by atoms with Crippen LogP contribution in [0.3, 0.4) is 0 Å². The van der Waals surface area contributed by atoms with Gasteiger partial charge in [0.25, 0.3) is 11.8 Å². The molecule has 9 heteroatoms. The molecule has 166 valence electrons. The van der Waals surface area contributed by atoms with E-state index in [1.807, 2.05) is 18.2 Å². The first-order valence-corrected chi connectivity index (χ1v) is 11.5. The van der Waals surface area contributed by atoms with Crippen LogP contribution in [0.2, 0.25) is 5.02 Å². The van der Waals surface area contributed by atoms with Crippen LogP contribution in [-0.4, -0.2) is 16.9 Å². The number of hydrogen-bond donors (Lipinski definition) is 1. The molecule has 3 aromatic carbocycles. The van der Waals surface area contributed by atoms with Gasteiger partial charge in [0.05, 0.1) is 9.26 Å². The van der Waals surface area contributed by atoms with Crippen molar-refractivity contribution in [2.24, 2.45) is 0 Å². The van der Waals surface area contributed by atoms with Crippen molar-refractivity contribution in [2.75, 3.05) is 4.90 Å². The number of amides is 2. The van der Waals surface area contributed by atoms with Gasteiger partial charge in [-0.25, -0.2) is 9.29 Å². The average Bonchev–Trinajstić information content (AvgIpc) is 2.78. The molecule has 1 N–H and O–H groups in total. The van der Waals surface area contributed by atoms with Gasteiger partial charge >= 0.3 is 0 Å². The highest BCUT2D eigenvalue weighted by Crippen LogP contribution is 2.28. The number of thiocarbonyl (C=S) groups is 1. The van der Waals surface area contributed by atoms with Crippen LogP contribution >= 0.6 is 46.4 Å². The first-order valence-electron chi connectivity index (χ1n) is 9.67. The third kappa shape index (κ3) is 5.07. The molecule has 2 amide bonds. The molecule has 1 saturated heterocycles. The maximum Gasteiger partial charge on any atom is 0.270 e. The van der Waals surface area contributed by atoms with Crippen LogP contribution in [0.4, 0.5) is 10.1 Å². The fraction of sp³-hybridized carbons (Fsp3) is 0.0417. The van der Waals surface area contributed by atoms with Crippen molar-refractivity contribution in [3.8, 4) is 5.75 Å². The predicted molar refractivity (Wildman–Crippen MR) is 138 cm³/mol. The summed E-state index contributed by atoms with van der Waals surface area (Å²) in [4.78, 5) is 26.5. The number of hydrogen-bond acceptors (Lipinski definition) is 4. The van der Waals surface area contributed by atoms with Gasteiger partial charge in [0.15, 0.2) is 5.11 Å². The number of para-hydroxylation sites is 1. The summed E-state index contributed by atoms with van der Waals surface area (Å²) in [5, 5.41) is 2.89. The smallest absolute Gasteiger partial charge is 0.270 e. The van der Waals surface area contributed by atoms with Crippen molar-refractivity contribution >= 4 is 75.1 Å². The number of carbonyl (C=O) groups is 2. The fourth-order valence-corrected chi connectivity index (χ4v) is 4.33. The summed E-state index contributed by atoms with van der Waals surface area (Å²) in [5.41, 5.74) is 1.27. The molecule has 0 unspecified atom stereocenters. The Morgan fingerprint density at radius 3 is 2.55 bits per heavy atom. The molecule has 1 aliphatic rings. The van der Waals surface area contributed by atoms with Crippen LogP contribution < -0.4 is 15.0 Å². The number of nitrogens with zero attached hydrogens (tertiary/aromatic N) is 1. The van der Waals surface area contributed by atoms with E-state index in [9.17, 15) is 14.0 Å². The summed E-state index contributed by atoms with van der Waals surface area (Å²) in [6.45, 7) is 0.298. The highest BCUT2D eigenvalue weighted by atomic mass is 127. The van der Waals surface area contributed by atoms with E-state index in [0.717, 1.165) is 14.0 Å². The van der Waals surface area contributed by atoms with Crippen molar-refractivity contribution in [1.82, 2.24) is 5.32 Å². The normalized spacial score (nSPS) is 15.1. The largest absolute Gasteiger partial charge is 0.488 e. The molecule has 4 rings (SSSR count). The summed E-state index contributed by atoms with van der Waals surface area (Å²) in [7, 11) is 0. The Kier molecular flexibility index (Phi) is 7.06. The molecule has 5 nitrogen and oxygen atoms in total. The Balaban J connectivity index is 1.58. The predicted octanol–water partition coefficient (Wildman–Crippen LogP) is 5.49. The minimum absolute atomic E-state index is 0.0312. The molecular weight excluding hydrogens is 578 g/mol. The number of halogens is 3. The molecule has 33 heavy (non-hydrogen) atoms. The fourth-order valence-electron chi connectivity index (χ4n) is 3.17. The van der Waals surface area contributed by atoms with Gasteiger partial charge in [-0.15, -0.1) is 0 Å². The van der Waals surface area contributed by atoms with Crippen LogP contribution in [0.25, 0.3) is 6.08 Å². The van der Waals surface area contributed by atoms with Crippen LogP contribution in [0.1, 0.15) is 11.1 Å². The topological polar surface area (TPSA) is 58.6 Å². The summed E-state index contributed by atoms with van der Waals surface area (Å²) in [6, 6.07) is 18.4. The van der Waals surface area contributed by atoms with Crippen molar-refractivity contribution in [2.45, 2.75) is 6.61 Å². The van der Waals surface area contributed by atoms with Gasteiger partial charge in [-0.05, 0) is 76.8 Å². The quantitative estimate of drug-likeness (QED) is 0.184. The van der Waals surface area contributed by atoms with E-state index in [0.29, 0.717) is 22.9 Å². The van der Waals surface area contributed by atoms with E-state index in [1.165, 1.54) is 24.3 Å². The molecular formula is C24H15ClFIN2O3S. The molecule has 1 aliphatic heterocycles. The van der Waals surface area contributed by atoms with Gasteiger partial charge in [-0.1, -0.05) is 48.0 Å². The number of anilines is 1. The molecule has 0 spiro atoms. The molecule has 0 atom stereocenters. The Morgan fingerprint density at radius 2 is 1.82 bits per heavy atom. The van der Waals surface area contributed by atoms with E-state index in [2.05, 4.69) is 27.9 Å². The van der Waals surface area contributed by atoms with E-state index < -0.39 is 17.6 Å². The monoisotopic (exact) mass is 592 g/mol.